The van der Waals surface area contributed by atoms with Crippen molar-refractivity contribution in [2.75, 3.05) is 13.7 Å². The fourth-order valence-corrected chi connectivity index (χ4v) is 1.26. The molecule has 0 radical (unpaired) electrons. The summed E-state index contributed by atoms with van der Waals surface area (Å²) in [7, 11) is 1.17. The summed E-state index contributed by atoms with van der Waals surface area (Å²) >= 11 is 0. The van der Waals surface area contributed by atoms with E-state index in [4.69, 9.17) is 10.2 Å². The van der Waals surface area contributed by atoms with E-state index in [2.05, 4.69) is 4.74 Å². The lowest BCUT2D eigenvalue weighted by molar-refractivity contribution is 0.0953. The maximum atomic E-state index is 13.2. The molecule has 0 saturated carbocycles. The van der Waals surface area contributed by atoms with Gasteiger partial charge >= 0.3 is 0 Å². The van der Waals surface area contributed by atoms with E-state index in [0.29, 0.717) is 0 Å². The van der Waals surface area contributed by atoms with Gasteiger partial charge in [0.1, 0.15) is 0 Å². The lowest BCUT2D eigenvalue weighted by Gasteiger charge is -2.09. The quantitative estimate of drug-likeness (QED) is 0.788. The summed E-state index contributed by atoms with van der Waals surface area (Å²) in [6.45, 7) is -0.449. The number of ether oxygens (including phenoxy) is 1. The van der Waals surface area contributed by atoms with Crippen LogP contribution in [-0.2, 0) is 6.42 Å². The minimum absolute atomic E-state index is 0.00562. The van der Waals surface area contributed by atoms with Crippen LogP contribution in [0.5, 0.6) is 5.75 Å². The third-order valence-electron chi connectivity index (χ3n) is 1.94. The van der Waals surface area contributed by atoms with Crippen molar-refractivity contribution < 1.29 is 23.7 Å². The van der Waals surface area contributed by atoms with Gasteiger partial charge in [-0.2, -0.15) is 0 Å². The second-order valence-corrected chi connectivity index (χ2v) is 3.13. The van der Waals surface area contributed by atoms with E-state index in [1.807, 2.05) is 0 Å². The van der Waals surface area contributed by atoms with E-state index in [1.54, 1.807) is 0 Å². The number of aliphatic hydroxyl groups is 2. The van der Waals surface area contributed by atoms with Gasteiger partial charge in [0.05, 0.1) is 19.8 Å². The molecule has 1 atom stereocenters. The fraction of sp³-hybridized carbons (Fsp3) is 0.400. The van der Waals surface area contributed by atoms with E-state index >= 15 is 0 Å². The molecule has 0 bridgehead atoms. The SMILES string of the molecule is COc1c(F)cc(CC(O)CO)cc1F. The van der Waals surface area contributed by atoms with E-state index in [0.717, 1.165) is 12.1 Å². The third kappa shape index (κ3) is 2.87. The molecule has 84 valence electrons. The number of hydrogen-bond donors (Lipinski definition) is 2. The summed E-state index contributed by atoms with van der Waals surface area (Å²) in [5, 5.41) is 17.7. The summed E-state index contributed by atoms with van der Waals surface area (Å²) in [6.07, 6.45) is -1.02. The maximum absolute atomic E-state index is 13.2. The van der Waals surface area contributed by atoms with Gasteiger partial charge in [0.15, 0.2) is 17.4 Å². The average Bonchev–Trinajstić information content (AvgIpc) is 2.17. The van der Waals surface area contributed by atoms with Crippen molar-refractivity contribution in [3.8, 4) is 5.75 Å². The zero-order chi connectivity index (χ0) is 11.4. The van der Waals surface area contributed by atoms with Gasteiger partial charge in [-0.25, -0.2) is 8.78 Å². The van der Waals surface area contributed by atoms with Gasteiger partial charge in [-0.15, -0.1) is 0 Å². The lowest BCUT2D eigenvalue weighted by atomic mass is 10.1. The molecule has 1 aromatic rings. The van der Waals surface area contributed by atoms with Crippen LogP contribution in [0.25, 0.3) is 0 Å². The summed E-state index contributed by atoms with van der Waals surface area (Å²) in [5.41, 5.74) is 0.271. The van der Waals surface area contributed by atoms with Gasteiger partial charge in [0.2, 0.25) is 0 Å². The highest BCUT2D eigenvalue weighted by Gasteiger charge is 2.13. The molecule has 1 rings (SSSR count). The minimum Gasteiger partial charge on any atom is -0.491 e. The lowest BCUT2D eigenvalue weighted by Crippen LogP contribution is -2.15. The van der Waals surface area contributed by atoms with Crippen LogP contribution in [0.1, 0.15) is 5.56 Å². The Morgan fingerprint density at radius 1 is 1.33 bits per heavy atom. The van der Waals surface area contributed by atoms with Crippen LogP contribution in [0, 0.1) is 11.6 Å². The Balaban J connectivity index is 2.93. The van der Waals surface area contributed by atoms with Crippen LogP contribution in [-0.4, -0.2) is 30.0 Å². The van der Waals surface area contributed by atoms with Crippen LogP contribution >= 0.6 is 0 Å². The van der Waals surface area contributed by atoms with Gasteiger partial charge in [0, 0.05) is 6.42 Å². The predicted octanol–water partition coefficient (Wildman–Crippen LogP) is 0.869. The maximum Gasteiger partial charge on any atom is 0.190 e. The van der Waals surface area contributed by atoms with E-state index in [-0.39, 0.29) is 12.0 Å². The standard InChI is InChI=1S/C10H12F2O3/c1-15-10-8(11)3-6(4-9(10)12)2-7(14)5-13/h3-4,7,13-14H,2,5H2,1H3. The number of rotatable bonds is 4. The smallest absolute Gasteiger partial charge is 0.190 e. The average molecular weight is 218 g/mol. The first-order valence-electron chi connectivity index (χ1n) is 4.39. The van der Waals surface area contributed by atoms with Crippen LogP contribution in [0.2, 0.25) is 0 Å². The fourth-order valence-electron chi connectivity index (χ4n) is 1.26. The first-order chi connectivity index (χ1) is 7.08. The van der Waals surface area contributed by atoms with Gasteiger partial charge < -0.3 is 14.9 Å². The third-order valence-corrected chi connectivity index (χ3v) is 1.94. The van der Waals surface area contributed by atoms with Crippen molar-refractivity contribution in [1.82, 2.24) is 0 Å². The van der Waals surface area contributed by atoms with Crippen molar-refractivity contribution in [3.05, 3.63) is 29.3 Å². The van der Waals surface area contributed by atoms with Gasteiger partial charge in [0.25, 0.3) is 0 Å². The van der Waals surface area contributed by atoms with Crippen molar-refractivity contribution >= 4 is 0 Å². The summed E-state index contributed by atoms with van der Waals surface area (Å²) in [4.78, 5) is 0. The van der Waals surface area contributed by atoms with Gasteiger partial charge in [-0.05, 0) is 17.7 Å². The molecule has 2 N–H and O–H groups in total. The van der Waals surface area contributed by atoms with E-state index in [1.165, 1.54) is 7.11 Å². The highest BCUT2D eigenvalue weighted by Crippen LogP contribution is 2.23. The first kappa shape index (κ1) is 11.9. The Hall–Kier alpha value is -1.20. The molecule has 15 heavy (non-hydrogen) atoms. The van der Waals surface area contributed by atoms with E-state index < -0.39 is 30.1 Å². The largest absolute Gasteiger partial charge is 0.491 e. The van der Waals surface area contributed by atoms with Crippen molar-refractivity contribution in [3.63, 3.8) is 0 Å². The van der Waals surface area contributed by atoms with Crippen molar-refractivity contribution in [1.29, 1.82) is 0 Å². The zero-order valence-corrected chi connectivity index (χ0v) is 8.20. The molecule has 1 unspecified atom stereocenters. The van der Waals surface area contributed by atoms with Crippen LogP contribution < -0.4 is 4.74 Å². The Bertz CT molecular complexity index is 318. The normalized spacial score (nSPS) is 12.6. The molecule has 0 aliphatic heterocycles. The predicted molar refractivity (Wildman–Crippen MR) is 49.7 cm³/mol. The number of benzene rings is 1. The molecular weight excluding hydrogens is 206 g/mol. The molecule has 0 amide bonds. The Morgan fingerprint density at radius 3 is 2.27 bits per heavy atom. The number of halogens is 2. The van der Waals surface area contributed by atoms with Crippen molar-refractivity contribution in [2.45, 2.75) is 12.5 Å². The van der Waals surface area contributed by atoms with Crippen LogP contribution in [0.3, 0.4) is 0 Å². The molecule has 5 heteroatoms. The molecule has 0 spiro atoms. The topological polar surface area (TPSA) is 49.7 Å². The minimum atomic E-state index is -1.02. The summed E-state index contributed by atoms with van der Waals surface area (Å²) < 4.78 is 30.8. The second kappa shape index (κ2) is 5.04. The highest BCUT2D eigenvalue weighted by molar-refractivity contribution is 5.31. The number of hydrogen-bond acceptors (Lipinski definition) is 3. The highest BCUT2D eigenvalue weighted by atomic mass is 19.1. The molecule has 3 nitrogen and oxygen atoms in total. The van der Waals surface area contributed by atoms with E-state index in [9.17, 15) is 8.78 Å². The van der Waals surface area contributed by atoms with Crippen molar-refractivity contribution in [2.24, 2.45) is 0 Å². The number of aliphatic hydroxyl groups excluding tert-OH is 2. The molecule has 0 fully saturated rings. The Labute approximate surface area is 85.9 Å². The zero-order valence-electron chi connectivity index (χ0n) is 8.20. The molecular formula is C10H12F2O3. The van der Waals surface area contributed by atoms with Crippen LogP contribution in [0.15, 0.2) is 12.1 Å². The van der Waals surface area contributed by atoms with Gasteiger partial charge in [-0.3, -0.25) is 0 Å². The molecule has 0 heterocycles. The summed E-state index contributed by atoms with van der Waals surface area (Å²) in [5.74, 6) is -2.09. The Kier molecular flexibility index (Phi) is 3.99. The molecule has 1 aromatic carbocycles. The molecule has 0 aliphatic carbocycles. The summed E-state index contributed by atoms with van der Waals surface area (Å²) in [6, 6.07) is 2.14. The Morgan fingerprint density at radius 2 is 1.87 bits per heavy atom. The van der Waals surface area contributed by atoms with Gasteiger partial charge in [-0.1, -0.05) is 0 Å². The molecule has 0 aromatic heterocycles. The number of methoxy groups -OCH3 is 1. The molecule has 0 saturated heterocycles. The molecule has 0 aliphatic rings. The second-order valence-electron chi connectivity index (χ2n) is 3.13. The van der Waals surface area contributed by atoms with Crippen LogP contribution in [0.4, 0.5) is 8.78 Å². The monoisotopic (exact) mass is 218 g/mol. The first-order valence-corrected chi connectivity index (χ1v) is 4.39.